The number of halogens is 1. The summed E-state index contributed by atoms with van der Waals surface area (Å²) in [6.45, 7) is 5.22. The van der Waals surface area contributed by atoms with Crippen LogP contribution in [0.2, 0.25) is 5.02 Å². The molecule has 0 fully saturated rings. The summed E-state index contributed by atoms with van der Waals surface area (Å²) in [4.78, 5) is 49.0. The molecule has 2 aromatic carbocycles. The monoisotopic (exact) mass is 671 g/mol. The van der Waals surface area contributed by atoms with Crippen LogP contribution in [0.3, 0.4) is 0 Å². The Labute approximate surface area is 285 Å². The highest BCUT2D eigenvalue weighted by Gasteiger charge is 2.21. The molecule has 10 nitrogen and oxygen atoms in total. The molecule has 0 saturated heterocycles. The Hall–Kier alpha value is -3.79. The van der Waals surface area contributed by atoms with Crippen molar-refractivity contribution in [1.29, 1.82) is 0 Å². The van der Waals surface area contributed by atoms with Gasteiger partial charge in [0.1, 0.15) is 5.75 Å². The molecule has 4 amide bonds. The summed E-state index contributed by atoms with van der Waals surface area (Å²) in [5.41, 5.74) is 1.31. The van der Waals surface area contributed by atoms with Crippen LogP contribution < -0.4 is 31.3 Å². The van der Waals surface area contributed by atoms with E-state index in [-0.39, 0.29) is 37.2 Å². The third kappa shape index (κ3) is 19.5. The second-order valence-corrected chi connectivity index (χ2v) is 12.2. The average Bonchev–Trinajstić information content (AvgIpc) is 3.04. The maximum Gasteiger partial charge on any atom is 0.263 e. The number of ether oxygens (including phenoxy) is 1. The Bertz CT molecular complexity index is 1210. The highest BCUT2D eigenvalue weighted by atomic mass is 35.5. The number of carbonyl (C=O) groups is 4. The third-order valence-electron chi connectivity index (χ3n) is 7.45. The lowest BCUT2D eigenvalue weighted by Crippen LogP contribution is -2.52. The number of benzene rings is 2. The summed E-state index contributed by atoms with van der Waals surface area (Å²) >= 11 is 6.04. The smallest absolute Gasteiger partial charge is 0.263 e. The molecule has 0 aliphatic heterocycles. The lowest BCUT2D eigenvalue weighted by Gasteiger charge is -2.21. The molecule has 0 heterocycles. The van der Waals surface area contributed by atoms with E-state index in [0.29, 0.717) is 41.5 Å². The molecule has 5 N–H and O–H groups in total. The molecule has 0 bridgehead atoms. The number of amides is 4. The molecular formula is C36H54ClN5O5. The molecule has 1 unspecified atom stereocenters. The van der Waals surface area contributed by atoms with Gasteiger partial charge in [0, 0.05) is 43.7 Å². The van der Waals surface area contributed by atoms with Crippen molar-refractivity contribution in [3.05, 3.63) is 59.1 Å². The molecule has 0 aliphatic rings. The van der Waals surface area contributed by atoms with E-state index in [2.05, 4.69) is 33.5 Å². The normalized spacial score (nSPS) is 11.3. The molecule has 0 aliphatic carbocycles. The minimum Gasteiger partial charge on any atom is -0.494 e. The summed E-state index contributed by atoms with van der Waals surface area (Å²) in [6, 6.07) is 14.0. The van der Waals surface area contributed by atoms with E-state index in [9.17, 15) is 19.2 Å². The van der Waals surface area contributed by atoms with E-state index >= 15 is 0 Å². The molecular weight excluding hydrogens is 618 g/mol. The van der Waals surface area contributed by atoms with Gasteiger partial charge in [-0.25, -0.2) is 0 Å². The number of carbonyl (C=O) groups excluding carboxylic acids is 4. The molecule has 11 heteroatoms. The lowest BCUT2D eigenvalue weighted by atomic mass is 10.1. The molecule has 0 saturated carbocycles. The highest BCUT2D eigenvalue weighted by Crippen LogP contribution is 2.17. The predicted octanol–water partition coefficient (Wildman–Crippen LogP) is 5.89. The summed E-state index contributed by atoms with van der Waals surface area (Å²) in [5, 5.41) is 14.6. The van der Waals surface area contributed by atoms with Crippen molar-refractivity contribution in [2.24, 2.45) is 0 Å². The molecule has 2 rings (SSSR count). The summed E-state index contributed by atoms with van der Waals surface area (Å²) in [7, 11) is 0. The van der Waals surface area contributed by atoms with Crippen LogP contribution in [0.25, 0.3) is 0 Å². The van der Waals surface area contributed by atoms with Crippen LogP contribution in [-0.4, -0.2) is 56.0 Å². The number of rotatable bonds is 25. The van der Waals surface area contributed by atoms with Crippen molar-refractivity contribution in [1.82, 2.24) is 21.3 Å². The Morgan fingerprint density at radius 2 is 1.40 bits per heavy atom. The van der Waals surface area contributed by atoms with Crippen LogP contribution in [0.1, 0.15) is 96.5 Å². The Morgan fingerprint density at radius 3 is 2.06 bits per heavy atom. The van der Waals surface area contributed by atoms with Gasteiger partial charge in [0.15, 0.2) is 6.17 Å². The largest absolute Gasteiger partial charge is 0.494 e. The average molecular weight is 672 g/mol. The van der Waals surface area contributed by atoms with Crippen molar-refractivity contribution < 1.29 is 23.9 Å². The van der Waals surface area contributed by atoms with Gasteiger partial charge >= 0.3 is 0 Å². The molecule has 0 spiro atoms. The van der Waals surface area contributed by atoms with E-state index < -0.39 is 12.1 Å². The fourth-order valence-corrected chi connectivity index (χ4v) is 5.12. The van der Waals surface area contributed by atoms with Gasteiger partial charge in [0.25, 0.3) is 5.91 Å². The van der Waals surface area contributed by atoms with Crippen LogP contribution in [0.5, 0.6) is 5.75 Å². The van der Waals surface area contributed by atoms with Gasteiger partial charge in [-0.15, -0.1) is 0 Å². The first-order valence-corrected chi connectivity index (χ1v) is 17.5. The maximum atomic E-state index is 12.9. The maximum absolute atomic E-state index is 12.9. The Balaban J connectivity index is 1.71. The van der Waals surface area contributed by atoms with Gasteiger partial charge in [-0.2, -0.15) is 0 Å². The van der Waals surface area contributed by atoms with Crippen molar-refractivity contribution in [2.45, 2.75) is 103 Å². The Kier molecular flexibility index (Phi) is 20.4. The third-order valence-corrected chi connectivity index (χ3v) is 7.69. The van der Waals surface area contributed by atoms with Crippen LogP contribution in [0.4, 0.5) is 5.69 Å². The van der Waals surface area contributed by atoms with Crippen LogP contribution in [0, 0.1) is 0 Å². The Morgan fingerprint density at radius 1 is 0.745 bits per heavy atom. The van der Waals surface area contributed by atoms with Crippen molar-refractivity contribution in [2.75, 3.05) is 31.6 Å². The van der Waals surface area contributed by atoms with Gasteiger partial charge in [0.05, 0.1) is 13.0 Å². The zero-order valence-electron chi connectivity index (χ0n) is 28.1. The number of anilines is 1. The lowest BCUT2D eigenvalue weighted by molar-refractivity contribution is -0.128. The first-order valence-electron chi connectivity index (χ1n) is 17.1. The SMILES string of the molecule is CCCCCCCCCCCCNC(=O)CCCOc1ccc(NC(NC(=O)Cc2cccc(Cl)c2)C(=O)NCCNC(C)=O)cc1. The van der Waals surface area contributed by atoms with Gasteiger partial charge in [-0.3, -0.25) is 19.2 Å². The van der Waals surface area contributed by atoms with Crippen LogP contribution in [0.15, 0.2) is 48.5 Å². The highest BCUT2D eigenvalue weighted by molar-refractivity contribution is 6.30. The minimum absolute atomic E-state index is 0.0437. The predicted molar refractivity (Wildman–Crippen MR) is 188 cm³/mol. The van der Waals surface area contributed by atoms with E-state index in [0.717, 1.165) is 19.4 Å². The second kappa shape index (κ2) is 24.4. The summed E-state index contributed by atoms with van der Waals surface area (Å²) < 4.78 is 5.80. The zero-order chi connectivity index (χ0) is 34.1. The first-order chi connectivity index (χ1) is 22.8. The molecule has 0 aromatic heterocycles. The summed E-state index contributed by atoms with van der Waals surface area (Å²) in [6.07, 6.45) is 12.7. The molecule has 0 radical (unpaired) electrons. The van der Waals surface area contributed by atoms with E-state index in [1.54, 1.807) is 48.5 Å². The number of nitrogens with one attached hydrogen (secondary N) is 5. The second-order valence-electron chi connectivity index (χ2n) is 11.7. The molecule has 47 heavy (non-hydrogen) atoms. The minimum atomic E-state index is -1.07. The van der Waals surface area contributed by atoms with E-state index in [1.807, 2.05) is 0 Å². The zero-order valence-corrected chi connectivity index (χ0v) is 28.9. The molecule has 2 aromatic rings. The standard InChI is InChI=1S/C36H54ClN5O5/c1-3-4-5-6-7-8-9-10-11-12-22-39-33(44)17-14-25-47-32-20-18-31(19-21-32)41-35(36(46)40-24-23-38-28(2)43)42-34(45)27-29-15-13-16-30(37)26-29/h13,15-16,18-21,26,35,41H,3-12,14,17,22-25,27H2,1-2H3,(H,38,43)(H,39,44)(H,40,46)(H,42,45). The quantitative estimate of drug-likeness (QED) is 0.0660. The number of unbranched alkanes of at least 4 members (excludes halogenated alkanes) is 9. The van der Waals surface area contributed by atoms with Gasteiger partial charge in [0.2, 0.25) is 17.7 Å². The van der Waals surface area contributed by atoms with Crippen molar-refractivity contribution in [3.8, 4) is 5.75 Å². The topological polar surface area (TPSA) is 138 Å². The van der Waals surface area contributed by atoms with E-state index in [1.165, 1.54) is 58.3 Å². The van der Waals surface area contributed by atoms with Gasteiger partial charge in [-0.1, -0.05) is 88.4 Å². The number of hydrogen-bond acceptors (Lipinski definition) is 6. The van der Waals surface area contributed by atoms with E-state index in [4.69, 9.17) is 16.3 Å². The van der Waals surface area contributed by atoms with Crippen molar-refractivity contribution in [3.63, 3.8) is 0 Å². The summed E-state index contributed by atoms with van der Waals surface area (Å²) in [5.74, 6) is -0.352. The van der Waals surface area contributed by atoms with Gasteiger partial charge in [-0.05, 0) is 54.8 Å². The number of hydrogen-bond donors (Lipinski definition) is 5. The first kappa shape index (κ1) is 39.4. The molecule has 260 valence electrons. The van der Waals surface area contributed by atoms with Crippen LogP contribution >= 0.6 is 11.6 Å². The van der Waals surface area contributed by atoms with Gasteiger partial charge < -0.3 is 31.3 Å². The fraction of sp³-hybridized carbons (Fsp3) is 0.556. The van der Waals surface area contributed by atoms with Crippen molar-refractivity contribution >= 4 is 40.9 Å². The fourth-order valence-electron chi connectivity index (χ4n) is 4.90. The molecule has 1 atom stereocenters. The van der Waals surface area contributed by atoms with Crippen LogP contribution in [-0.2, 0) is 25.6 Å².